The summed E-state index contributed by atoms with van der Waals surface area (Å²) in [4.78, 5) is 14.6. The molecule has 0 spiro atoms. The van der Waals surface area contributed by atoms with Crippen molar-refractivity contribution < 1.29 is 19.1 Å². The Bertz CT molecular complexity index is 877. The lowest BCUT2D eigenvalue weighted by molar-refractivity contribution is -0.380. The van der Waals surface area contributed by atoms with E-state index in [1.54, 1.807) is 44.7 Å². The Hall–Kier alpha value is -2.87. The molecule has 0 aliphatic rings. The number of benzene rings is 1. The molecule has 7 nitrogen and oxygen atoms in total. The van der Waals surface area contributed by atoms with Crippen LogP contribution in [0.5, 0.6) is 22.3 Å². The summed E-state index contributed by atoms with van der Waals surface area (Å²) in [6.45, 7) is 0. The molecule has 3 rings (SSSR count). The molecule has 0 saturated carbocycles. The van der Waals surface area contributed by atoms with Crippen molar-refractivity contribution in [3.8, 4) is 22.3 Å². The van der Waals surface area contributed by atoms with Crippen LogP contribution in [0.1, 0.15) is 0 Å². The first-order valence-electron chi connectivity index (χ1n) is 6.55. The summed E-state index contributed by atoms with van der Waals surface area (Å²) < 4.78 is 16.3. The van der Waals surface area contributed by atoms with Gasteiger partial charge in [0.2, 0.25) is 0 Å². The van der Waals surface area contributed by atoms with Gasteiger partial charge in [0.15, 0.2) is 16.6 Å². The first-order chi connectivity index (χ1) is 11.1. The molecule has 0 unspecified atom stereocenters. The van der Waals surface area contributed by atoms with Gasteiger partial charge in [-0.15, -0.1) is 0 Å². The van der Waals surface area contributed by atoms with Crippen molar-refractivity contribution in [1.29, 1.82) is 0 Å². The Morgan fingerprint density at radius 2 is 1.83 bits per heavy atom. The number of hydrogen-bond acceptors (Lipinski definition) is 7. The SMILES string of the molecule is COc1cc2nccc(Oc3ccc([N+](=O)[O-])s3)c2cc1OC. The van der Waals surface area contributed by atoms with Gasteiger partial charge in [0.05, 0.1) is 24.7 Å². The number of fused-ring (bicyclic) bond motifs is 1. The maximum Gasteiger partial charge on any atom is 0.327 e. The fourth-order valence-electron chi connectivity index (χ4n) is 2.11. The van der Waals surface area contributed by atoms with Crippen LogP contribution in [0.3, 0.4) is 0 Å². The zero-order valence-corrected chi connectivity index (χ0v) is 13.1. The van der Waals surface area contributed by atoms with Crippen LogP contribution < -0.4 is 14.2 Å². The maximum atomic E-state index is 10.8. The lowest BCUT2D eigenvalue weighted by Crippen LogP contribution is -1.92. The van der Waals surface area contributed by atoms with Crippen LogP contribution in [-0.2, 0) is 0 Å². The zero-order chi connectivity index (χ0) is 16.4. The summed E-state index contributed by atoms with van der Waals surface area (Å²) in [5.74, 6) is 1.65. The van der Waals surface area contributed by atoms with Crippen LogP contribution in [0.2, 0.25) is 0 Å². The fraction of sp³-hybridized carbons (Fsp3) is 0.133. The van der Waals surface area contributed by atoms with E-state index in [0.29, 0.717) is 27.8 Å². The number of nitro groups is 1. The van der Waals surface area contributed by atoms with Gasteiger partial charge in [0.25, 0.3) is 0 Å². The van der Waals surface area contributed by atoms with Crippen molar-refractivity contribution in [2.45, 2.75) is 0 Å². The Morgan fingerprint density at radius 1 is 1.09 bits per heavy atom. The molecule has 0 bridgehead atoms. The highest BCUT2D eigenvalue weighted by Crippen LogP contribution is 2.39. The second kappa shape index (κ2) is 6.09. The molecule has 0 radical (unpaired) electrons. The minimum atomic E-state index is -0.448. The Kier molecular flexibility index (Phi) is 3.98. The van der Waals surface area contributed by atoms with Crippen LogP contribution in [0.15, 0.2) is 36.5 Å². The third-order valence-corrected chi connectivity index (χ3v) is 4.08. The second-order valence-corrected chi connectivity index (χ2v) is 5.51. The summed E-state index contributed by atoms with van der Waals surface area (Å²) in [6.07, 6.45) is 1.60. The van der Waals surface area contributed by atoms with E-state index in [-0.39, 0.29) is 5.00 Å². The fourth-order valence-corrected chi connectivity index (χ4v) is 2.79. The molecule has 23 heavy (non-hydrogen) atoms. The summed E-state index contributed by atoms with van der Waals surface area (Å²) in [5, 5.41) is 11.9. The van der Waals surface area contributed by atoms with E-state index in [4.69, 9.17) is 14.2 Å². The van der Waals surface area contributed by atoms with Crippen LogP contribution in [0.4, 0.5) is 5.00 Å². The second-order valence-electron chi connectivity index (χ2n) is 4.49. The lowest BCUT2D eigenvalue weighted by Gasteiger charge is -2.11. The van der Waals surface area contributed by atoms with Gasteiger partial charge >= 0.3 is 5.00 Å². The number of hydrogen-bond donors (Lipinski definition) is 0. The van der Waals surface area contributed by atoms with Crippen LogP contribution >= 0.6 is 11.3 Å². The highest BCUT2D eigenvalue weighted by molar-refractivity contribution is 7.17. The van der Waals surface area contributed by atoms with Gasteiger partial charge < -0.3 is 14.2 Å². The minimum absolute atomic E-state index is 0.0256. The quantitative estimate of drug-likeness (QED) is 0.518. The number of methoxy groups -OCH3 is 2. The number of pyridine rings is 1. The molecule has 0 atom stereocenters. The number of aromatic nitrogens is 1. The molecule has 1 aromatic carbocycles. The first-order valence-corrected chi connectivity index (χ1v) is 7.37. The monoisotopic (exact) mass is 332 g/mol. The van der Waals surface area contributed by atoms with Gasteiger partial charge in [0.1, 0.15) is 5.75 Å². The van der Waals surface area contributed by atoms with Crippen molar-refractivity contribution in [1.82, 2.24) is 4.98 Å². The molecule has 0 N–H and O–H groups in total. The van der Waals surface area contributed by atoms with Gasteiger partial charge in [-0.2, -0.15) is 0 Å². The molecule has 0 saturated heterocycles. The first kappa shape index (κ1) is 15.0. The van der Waals surface area contributed by atoms with Gasteiger partial charge in [-0.3, -0.25) is 15.1 Å². The van der Waals surface area contributed by atoms with E-state index in [1.165, 1.54) is 6.07 Å². The number of rotatable bonds is 5. The van der Waals surface area contributed by atoms with Crippen molar-refractivity contribution in [3.63, 3.8) is 0 Å². The normalized spacial score (nSPS) is 10.5. The van der Waals surface area contributed by atoms with Crippen molar-refractivity contribution >= 4 is 27.2 Å². The topological polar surface area (TPSA) is 83.7 Å². The molecule has 0 amide bonds. The van der Waals surface area contributed by atoms with E-state index in [2.05, 4.69) is 4.98 Å². The van der Waals surface area contributed by atoms with Gasteiger partial charge in [0, 0.05) is 23.7 Å². The van der Waals surface area contributed by atoms with Crippen LogP contribution in [0.25, 0.3) is 10.9 Å². The highest BCUT2D eigenvalue weighted by Gasteiger charge is 2.14. The van der Waals surface area contributed by atoms with Crippen LogP contribution in [-0.4, -0.2) is 24.1 Å². The van der Waals surface area contributed by atoms with Gasteiger partial charge in [-0.05, 0) is 29.5 Å². The van der Waals surface area contributed by atoms with E-state index in [1.807, 2.05) is 0 Å². The third-order valence-electron chi connectivity index (χ3n) is 3.16. The summed E-state index contributed by atoms with van der Waals surface area (Å²) >= 11 is 0.964. The van der Waals surface area contributed by atoms with E-state index in [9.17, 15) is 10.1 Å². The largest absolute Gasteiger partial charge is 0.493 e. The molecule has 2 heterocycles. The Morgan fingerprint density at radius 3 is 2.48 bits per heavy atom. The molecular formula is C15H12N2O5S. The summed E-state index contributed by atoms with van der Waals surface area (Å²) in [7, 11) is 3.10. The molecular weight excluding hydrogens is 320 g/mol. The van der Waals surface area contributed by atoms with Crippen molar-refractivity contribution in [2.24, 2.45) is 0 Å². The van der Waals surface area contributed by atoms with E-state index in [0.717, 1.165) is 16.7 Å². The molecule has 2 aromatic heterocycles. The maximum absolute atomic E-state index is 10.8. The van der Waals surface area contributed by atoms with Crippen molar-refractivity contribution in [2.75, 3.05) is 14.2 Å². The summed E-state index contributed by atoms with van der Waals surface area (Å²) in [6, 6.07) is 8.18. The Labute approximate surface area is 135 Å². The standard InChI is InChI=1S/C15H12N2O5S/c1-20-12-7-9-10(8-13(12)21-2)16-6-5-11(9)22-15-4-3-14(23-15)17(18)19/h3-8H,1-2H3. The third kappa shape index (κ3) is 2.88. The predicted molar refractivity (Wildman–Crippen MR) is 85.9 cm³/mol. The van der Waals surface area contributed by atoms with E-state index < -0.39 is 4.92 Å². The molecule has 8 heteroatoms. The average Bonchev–Trinajstić information content (AvgIpc) is 3.02. The highest BCUT2D eigenvalue weighted by atomic mass is 32.1. The molecule has 0 fully saturated rings. The molecule has 3 aromatic rings. The number of ether oxygens (including phenoxy) is 3. The number of thiophene rings is 1. The molecule has 0 aliphatic carbocycles. The van der Waals surface area contributed by atoms with Gasteiger partial charge in [-0.25, -0.2) is 0 Å². The predicted octanol–water partition coefficient (Wildman–Crippen LogP) is 4.01. The molecule has 0 aliphatic heterocycles. The van der Waals surface area contributed by atoms with Gasteiger partial charge in [-0.1, -0.05) is 0 Å². The van der Waals surface area contributed by atoms with Crippen LogP contribution in [0, 0.1) is 10.1 Å². The lowest BCUT2D eigenvalue weighted by atomic mass is 10.2. The summed E-state index contributed by atoms with van der Waals surface area (Å²) in [5.41, 5.74) is 0.672. The minimum Gasteiger partial charge on any atom is -0.493 e. The Balaban J connectivity index is 2.04. The number of nitrogens with zero attached hydrogens (tertiary/aromatic N) is 2. The van der Waals surface area contributed by atoms with Crippen molar-refractivity contribution in [3.05, 3.63) is 46.6 Å². The van der Waals surface area contributed by atoms with E-state index >= 15 is 0 Å². The smallest absolute Gasteiger partial charge is 0.327 e. The molecule has 118 valence electrons. The average molecular weight is 332 g/mol. The zero-order valence-electron chi connectivity index (χ0n) is 12.3.